The summed E-state index contributed by atoms with van der Waals surface area (Å²) in [6.45, 7) is 3.69. The minimum absolute atomic E-state index is 0.672. The van der Waals surface area contributed by atoms with Crippen molar-refractivity contribution >= 4 is 0 Å². The Hall–Kier alpha value is -1.69. The van der Waals surface area contributed by atoms with E-state index in [0.29, 0.717) is 6.54 Å². The fourth-order valence-corrected chi connectivity index (χ4v) is 1.96. The highest BCUT2D eigenvalue weighted by molar-refractivity contribution is 5.16. The third-order valence-electron chi connectivity index (χ3n) is 3.46. The average molecular weight is 246 g/mol. The lowest BCUT2D eigenvalue weighted by molar-refractivity contribution is 0.593. The fourth-order valence-electron chi connectivity index (χ4n) is 1.96. The minimum Gasteiger partial charge on any atom is -0.310 e. The van der Waals surface area contributed by atoms with Gasteiger partial charge in [0.1, 0.15) is 18.7 Å². The van der Waals surface area contributed by atoms with E-state index in [2.05, 4.69) is 27.4 Å². The van der Waals surface area contributed by atoms with E-state index < -0.39 is 0 Å². The van der Waals surface area contributed by atoms with Crippen molar-refractivity contribution < 1.29 is 0 Å². The van der Waals surface area contributed by atoms with Gasteiger partial charge in [0.25, 0.3) is 0 Å². The van der Waals surface area contributed by atoms with Crippen molar-refractivity contribution in [2.45, 2.75) is 38.9 Å². The van der Waals surface area contributed by atoms with Crippen LogP contribution in [0.25, 0.3) is 0 Å². The maximum absolute atomic E-state index is 4.43. The number of hydrogen-bond donors (Lipinski definition) is 1. The zero-order valence-corrected chi connectivity index (χ0v) is 10.8. The van der Waals surface area contributed by atoms with E-state index in [4.69, 9.17) is 0 Å². The lowest BCUT2D eigenvalue weighted by atomic mass is 10.2. The zero-order valence-electron chi connectivity index (χ0n) is 10.8. The predicted molar refractivity (Wildman–Crippen MR) is 66.9 cm³/mol. The van der Waals surface area contributed by atoms with Crippen LogP contribution in [0.15, 0.2) is 12.5 Å². The van der Waals surface area contributed by atoms with Crippen LogP contribution in [0.4, 0.5) is 0 Å². The normalized spacial score (nSPS) is 15.2. The summed E-state index contributed by atoms with van der Waals surface area (Å²) in [5, 5.41) is 12.0. The molecule has 0 bridgehead atoms. The topological polar surface area (TPSA) is 60.6 Å². The Balaban J connectivity index is 1.70. The second-order valence-electron chi connectivity index (χ2n) is 4.87. The predicted octanol–water partition coefficient (Wildman–Crippen LogP) is 0.620. The van der Waals surface area contributed by atoms with Gasteiger partial charge >= 0.3 is 0 Å². The molecule has 1 aliphatic carbocycles. The molecule has 0 atom stereocenters. The molecule has 0 aromatic carbocycles. The Morgan fingerprint density at radius 3 is 2.89 bits per heavy atom. The SMILES string of the molecule is Cc1c(CNC2CC2)cnn1Cc1ncnn1C. The molecule has 0 amide bonds. The van der Waals surface area contributed by atoms with Gasteiger partial charge < -0.3 is 5.32 Å². The third kappa shape index (κ3) is 2.28. The van der Waals surface area contributed by atoms with Gasteiger partial charge in [0.05, 0.1) is 6.20 Å². The van der Waals surface area contributed by atoms with Gasteiger partial charge in [-0.05, 0) is 19.8 Å². The van der Waals surface area contributed by atoms with Crippen LogP contribution in [0.2, 0.25) is 0 Å². The van der Waals surface area contributed by atoms with Gasteiger partial charge in [-0.3, -0.25) is 9.36 Å². The van der Waals surface area contributed by atoms with E-state index in [1.165, 1.54) is 24.1 Å². The van der Waals surface area contributed by atoms with Gasteiger partial charge in [-0.15, -0.1) is 0 Å². The summed E-state index contributed by atoms with van der Waals surface area (Å²) >= 11 is 0. The van der Waals surface area contributed by atoms with Gasteiger partial charge in [-0.1, -0.05) is 0 Å². The first-order valence-corrected chi connectivity index (χ1v) is 6.31. The standard InChI is InChI=1S/C12H18N6/c1-9-10(5-13-11-3-4-11)6-15-18(9)7-12-14-8-16-17(12)2/h6,8,11,13H,3-5,7H2,1-2H3. The Morgan fingerprint density at radius 2 is 2.22 bits per heavy atom. The molecule has 6 nitrogen and oxygen atoms in total. The smallest absolute Gasteiger partial charge is 0.148 e. The van der Waals surface area contributed by atoms with E-state index in [1.807, 2.05) is 17.9 Å². The highest BCUT2D eigenvalue weighted by atomic mass is 15.4. The molecular weight excluding hydrogens is 228 g/mol. The molecule has 3 rings (SSSR count). The number of nitrogens with one attached hydrogen (secondary N) is 1. The van der Waals surface area contributed by atoms with E-state index >= 15 is 0 Å². The van der Waals surface area contributed by atoms with Crippen molar-refractivity contribution in [3.63, 3.8) is 0 Å². The molecule has 0 aliphatic heterocycles. The van der Waals surface area contributed by atoms with Crippen LogP contribution < -0.4 is 5.32 Å². The summed E-state index contributed by atoms with van der Waals surface area (Å²) in [4.78, 5) is 4.22. The van der Waals surface area contributed by atoms with Gasteiger partial charge in [-0.2, -0.15) is 10.2 Å². The van der Waals surface area contributed by atoms with Crippen LogP contribution in [0, 0.1) is 6.92 Å². The maximum Gasteiger partial charge on any atom is 0.148 e. The molecule has 1 saturated carbocycles. The van der Waals surface area contributed by atoms with Crippen molar-refractivity contribution in [3.8, 4) is 0 Å². The van der Waals surface area contributed by atoms with Crippen LogP contribution in [-0.2, 0) is 20.1 Å². The number of aromatic nitrogens is 5. The van der Waals surface area contributed by atoms with E-state index in [1.54, 1.807) is 11.0 Å². The molecule has 0 spiro atoms. The first kappa shape index (κ1) is 11.4. The lowest BCUT2D eigenvalue weighted by Crippen LogP contribution is -2.16. The minimum atomic E-state index is 0.672. The molecule has 96 valence electrons. The number of aryl methyl sites for hydroxylation is 1. The van der Waals surface area contributed by atoms with Crippen LogP contribution in [0.3, 0.4) is 0 Å². The maximum atomic E-state index is 4.43. The monoisotopic (exact) mass is 246 g/mol. The molecule has 1 N–H and O–H groups in total. The van der Waals surface area contributed by atoms with Crippen molar-refractivity contribution in [2.75, 3.05) is 0 Å². The fraction of sp³-hybridized carbons (Fsp3) is 0.583. The van der Waals surface area contributed by atoms with Crippen LogP contribution >= 0.6 is 0 Å². The Labute approximate surface area is 106 Å². The summed E-state index contributed by atoms with van der Waals surface area (Å²) in [6.07, 6.45) is 6.14. The molecule has 0 unspecified atom stereocenters. The van der Waals surface area contributed by atoms with E-state index in [9.17, 15) is 0 Å². The van der Waals surface area contributed by atoms with Crippen molar-refractivity contribution in [3.05, 3.63) is 29.6 Å². The first-order valence-electron chi connectivity index (χ1n) is 6.31. The molecule has 2 aromatic heterocycles. The quantitative estimate of drug-likeness (QED) is 0.840. The molecule has 2 heterocycles. The molecule has 6 heteroatoms. The van der Waals surface area contributed by atoms with Gasteiger partial charge in [0, 0.05) is 30.9 Å². The van der Waals surface area contributed by atoms with E-state index in [-0.39, 0.29) is 0 Å². The highest BCUT2D eigenvalue weighted by Crippen LogP contribution is 2.19. The summed E-state index contributed by atoms with van der Waals surface area (Å²) in [6, 6.07) is 0.728. The summed E-state index contributed by atoms with van der Waals surface area (Å²) in [5.74, 6) is 0.919. The summed E-state index contributed by atoms with van der Waals surface area (Å²) < 4.78 is 3.76. The highest BCUT2D eigenvalue weighted by Gasteiger charge is 2.20. The number of hydrogen-bond acceptors (Lipinski definition) is 4. The van der Waals surface area contributed by atoms with Gasteiger partial charge in [-0.25, -0.2) is 4.98 Å². The molecule has 0 radical (unpaired) electrons. The molecule has 0 saturated heterocycles. The number of nitrogens with zero attached hydrogens (tertiary/aromatic N) is 5. The largest absolute Gasteiger partial charge is 0.310 e. The molecule has 2 aromatic rings. The third-order valence-corrected chi connectivity index (χ3v) is 3.46. The second-order valence-corrected chi connectivity index (χ2v) is 4.87. The zero-order chi connectivity index (χ0) is 12.5. The van der Waals surface area contributed by atoms with Gasteiger partial charge in [0.2, 0.25) is 0 Å². The molecule has 1 fully saturated rings. The van der Waals surface area contributed by atoms with Crippen molar-refractivity contribution in [2.24, 2.45) is 7.05 Å². The van der Waals surface area contributed by atoms with Crippen molar-refractivity contribution in [1.82, 2.24) is 29.9 Å². The molecular formula is C12H18N6. The first-order chi connectivity index (χ1) is 8.74. The number of rotatable bonds is 5. The summed E-state index contributed by atoms with van der Waals surface area (Å²) in [5.41, 5.74) is 2.47. The Bertz CT molecular complexity index is 537. The van der Waals surface area contributed by atoms with Crippen LogP contribution in [-0.4, -0.2) is 30.6 Å². The second kappa shape index (κ2) is 4.53. The summed E-state index contributed by atoms with van der Waals surface area (Å²) in [7, 11) is 1.90. The Kier molecular flexibility index (Phi) is 2.87. The van der Waals surface area contributed by atoms with E-state index in [0.717, 1.165) is 18.4 Å². The van der Waals surface area contributed by atoms with Crippen LogP contribution in [0.5, 0.6) is 0 Å². The lowest BCUT2D eigenvalue weighted by Gasteiger charge is -2.05. The van der Waals surface area contributed by atoms with Gasteiger partial charge in [0.15, 0.2) is 0 Å². The van der Waals surface area contributed by atoms with Crippen molar-refractivity contribution in [1.29, 1.82) is 0 Å². The average Bonchev–Trinajstić information content (AvgIpc) is 3.02. The molecule has 18 heavy (non-hydrogen) atoms. The Morgan fingerprint density at radius 1 is 1.39 bits per heavy atom. The van der Waals surface area contributed by atoms with Crippen LogP contribution in [0.1, 0.15) is 29.9 Å². The molecule has 1 aliphatic rings.